The van der Waals surface area contributed by atoms with E-state index in [4.69, 9.17) is 9.15 Å². The average molecular weight is 410 g/mol. The Hall–Kier alpha value is -2.50. The number of nitrogens with one attached hydrogen (secondary N) is 1. The molecule has 1 saturated heterocycles. The van der Waals surface area contributed by atoms with Gasteiger partial charge < -0.3 is 14.5 Å². The fourth-order valence-electron chi connectivity index (χ4n) is 4.48. The summed E-state index contributed by atoms with van der Waals surface area (Å²) in [5.74, 6) is 0.132. The second-order valence-corrected chi connectivity index (χ2v) is 8.51. The van der Waals surface area contributed by atoms with Gasteiger partial charge in [0.15, 0.2) is 0 Å². The number of benzene rings is 2. The quantitative estimate of drug-likeness (QED) is 0.592. The Bertz CT molecular complexity index is 1100. The van der Waals surface area contributed by atoms with Crippen LogP contribution in [0.15, 0.2) is 51.7 Å². The minimum atomic E-state index is -0.348. The number of aryl methyl sites for hydroxylation is 1. The van der Waals surface area contributed by atoms with Crippen molar-refractivity contribution in [1.29, 1.82) is 0 Å². The van der Waals surface area contributed by atoms with Crippen molar-refractivity contribution in [3.8, 4) is 0 Å². The largest absolute Gasteiger partial charge is 0.423 e. The molecule has 1 N–H and O–H groups in total. The maximum Gasteiger partial charge on any atom is 0.336 e. The zero-order valence-corrected chi connectivity index (χ0v) is 17.8. The van der Waals surface area contributed by atoms with Gasteiger partial charge in [-0.15, -0.1) is 0 Å². The molecule has 4 nitrogen and oxygen atoms in total. The highest BCUT2D eigenvalue weighted by atomic mass is 19.1. The molecular formula is C25H28FNO3. The molecule has 0 radical (unpaired) electrons. The van der Waals surface area contributed by atoms with Crippen LogP contribution in [0.25, 0.3) is 11.0 Å². The molecule has 1 fully saturated rings. The van der Waals surface area contributed by atoms with Crippen LogP contribution in [0.4, 0.5) is 4.39 Å². The van der Waals surface area contributed by atoms with Crippen molar-refractivity contribution in [3.05, 3.63) is 81.0 Å². The van der Waals surface area contributed by atoms with E-state index in [1.165, 1.54) is 17.7 Å². The van der Waals surface area contributed by atoms with Gasteiger partial charge in [0.1, 0.15) is 11.4 Å². The standard InChI is InChI=1S/C25H28FNO3/c1-16(2)21-14-22-18(13-24(28)30-23(22)12-17(21)3)15-27-25(8-10-29-11-9-25)19-4-6-20(26)7-5-19/h4-7,12-14,16,27H,8-11,15H2,1-3H3. The van der Waals surface area contributed by atoms with E-state index in [0.717, 1.165) is 34.9 Å². The fourth-order valence-corrected chi connectivity index (χ4v) is 4.48. The van der Waals surface area contributed by atoms with Crippen LogP contribution >= 0.6 is 0 Å². The Morgan fingerprint density at radius 1 is 1.10 bits per heavy atom. The SMILES string of the molecule is Cc1cc2oc(=O)cc(CNC3(c4ccc(F)cc4)CCOCC3)c2cc1C(C)C. The molecule has 1 aliphatic heterocycles. The number of hydrogen-bond acceptors (Lipinski definition) is 4. The minimum absolute atomic E-state index is 0.246. The van der Waals surface area contributed by atoms with E-state index in [1.807, 2.05) is 25.1 Å². The van der Waals surface area contributed by atoms with Gasteiger partial charge >= 0.3 is 5.63 Å². The number of rotatable bonds is 5. The first-order chi connectivity index (χ1) is 14.4. The molecule has 3 aromatic rings. The first-order valence-electron chi connectivity index (χ1n) is 10.5. The normalized spacial score (nSPS) is 16.3. The van der Waals surface area contributed by atoms with Crippen LogP contribution in [0.1, 0.15) is 54.9 Å². The molecule has 1 aromatic heterocycles. The van der Waals surface area contributed by atoms with Gasteiger partial charge in [-0.3, -0.25) is 0 Å². The van der Waals surface area contributed by atoms with Gasteiger partial charge in [-0.05, 0) is 72.2 Å². The molecule has 0 spiro atoms. The lowest BCUT2D eigenvalue weighted by molar-refractivity contribution is 0.0358. The molecule has 0 saturated carbocycles. The molecule has 2 aromatic carbocycles. The molecule has 0 atom stereocenters. The van der Waals surface area contributed by atoms with E-state index >= 15 is 0 Å². The summed E-state index contributed by atoms with van der Waals surface area (Å²) in [7, 11) is 0. The molecule has 0 bridgehead atoms. The Kier molecular flexibility index (Phi) is 5.76. The van der Waals surface area contributed by atoms with Crippen molar-refractivity contribution < 1.29 is 13.5 Å². The zero-order chi connectivity index (χ0) is 21.3. The summed E-state index contributed by atoms with van der Waals surface area (Å²) in [4.78, 5) is 12.2. The lowest BCUT2D eigenvalue weighted by atomic mass is 9.82. The van der Waals surface area contributed by atoms with Crippen LogP contribution < -0.4 is 10.9 Å². The zero-order valence-electron chi connectivity index (χ0n) is 17.8. The summed E-state index contributed by atoms with van der Waals surface area (Å²) < 4.78 is 24.6. The third kappa shape index (κ3) is 4.05. The van der Waals surface area contributed by atoms with E-state index < -0.39 is 0 Å². The van der Waals surface area contributed by atoms with Crippen molar-refractivity contribution >= 4 is 11.0 Å². The Labute approximate surface area is 176 Å². The van der Waals surface area contributed by atoms with Crippen molar-refractivity contribution in [2.75, 3.05) is 13.2 Å². The predicted molar refractivity (Wildman–Crippen MR) is 116 cm³/mol. The Morgan fingerprint density at radius 2 is 1.80 bits per heavy atom. The third-order valence-corrected chi connectivity index (χ3v) is 6.20. The predicted octanol–water partition coefficient (Wildman–Crippen LogP) is 5.16. The number of ether oxygens (including phenoxy) is 1. The van der Waals surface area contributed by atoms with Crippen LogP contribution in [-0.4, -0.2) is 13.2 Å². The van der Waals surface area contributed by atoms with Gasteiger partial charge in [0.05, 0.1) is 0 Å². The van der Waals surface area contributed by atoms with Crippen molar-refractivity contribution in [2.45, 2.75) is 51.6 Å². The van der Waals surface area contributed by atoms with E-state index in [0.29, 0.717) is 31.3 Å². The Balaban J connectivity index is 1.72. The fraction of sp³-hybridized carbons (Fsp3) is 0.400. The molecule has 0 amide bonds. The number of fused-ring (bicyclic) bond motifs is 1. The summed E-state index contributed by atoms with van der Waals surface area (Å²) in [5.41, 5.74) is 4.27. The maximum atomic E-state index is 13.5. The van der Waals surface area contributed by atoms with E-state index in [-0.39, 0.29) is 17.0 Å². The highest BCUT2D eigenvalue weighted by Gasteiger charge is 2.34. The first-order valence-corrected chi connectivity index (χ1v) is 10.5. The minimum Gasteiger partial charge on any atom is -0.423 e. The van der Waals surface area contributed by atoms with Crippen LogP contribution in [0.2, 0.25) is 0 Å². The van der Waals surface area contributed by atoms with Gasteiger partial charge in [0.2, 0.25) is 0 Å². The van der Waals surface area contributed by atoms with Crippen molar-refractivity contribution in [3.63, 3.8) is 0 Å². The first kappa shape index (κ1) is 20.8. The van der Waals surface area contributed by atoms with E-state index in [1.54, 1.807) is 6.07 Å². The second kappa shape index (κ2) is 8.32. The lowest BCUT2D eigenvalue weighted by Crippen LogP contribution is -2.46. The molecule has 5 heteroatoms. The van der Waals surface area contributed by atoms with Crippen molar-refractivity contribution in [2.24, 2.45) is 0 Å². The summed E-state index contributed by atoms with van der Waals surface area (Å²) in [5, 5.41) is 4.64. The number of hydrogen-bond donors (Lipinski definition) is 1. The van der Waals surface area contributed by atoms with Crippen LogP contribution in [0.5, 0.6) is 0 Å². The molecular weight excluding hydrogens is 381 g/mol. The second-order valence-electron chi connectivity index (χ2n) is 8.51. The molecule has 1 aliphatic rings. The molecule has 158 valence electrons. The van der Waals surface area contributed by atoms with Crippen LogP contribution in [0, 0.1) is 12.7 Å². The number of halogens is 1. The molecule has 30 heavy (non-hydrogen) atoms. The van der Waals surface area contributed by atoms with Crippen LogP contribution in [0.3, 0.4) is 0 Å². The van der Waals surface area contributed by atoms with Gasteiger partial charge in [0.25, 0.3) is 0 Å². The topological polar surface area (TPSA) is 51.5 Å². The maximum absolute atomic E-state index is 13.5. The molecule has 2 heterocycles. The summed E-state index contributed by atoms with van der Waals surface area (Å²) in [6, 6.07) is 12.4. The monoisotopic (exact) mass is 409 g/mol. The van der Waals surface area contributed by atoms with Gasteiger partial charge in [0, 0.05) is 36.8 Å². The highest BCUT2D eigenvalue weighted by molar-refractivity contribution is 5.82. The van der Waals surface area contributed by atoms with Crippen molar-refractivity contribution in [1.82, 2.24) is 5.32 Å². The molecule has 0 aliphatic carbocycles. The van der Waals surface area contributed by atoms with Crippen LogP contribution in [-0.2, 0) is 16.8 Å². The van der Waals surface area contributed by atoms with Gasteiger partial charge in [-0.1, -0.05) is 26.0 Å². The molecule has 4 rings (SSSR count). The summed E-state index contributed by atoms with van der Waals surface area (Å²) in [6.45, 7) is 8.16. The Morgan fingerprint density at radius 3 is 2.47 bits per heavy atom. The third-order valence-electron chi connectivity index (χ3n) is 6.20. The summed E-state index contributed by atoms with van der Waals surface area (Å²) >= 11 is 0. The van der Waals surface area contributed by atoms with E-state index in [9.17, 15) is 9.18 Å². The molecule has 0 unspecified atom stereocenters. The van der Waals surface area contributed by atoms with E-state index in [2.05, 4.69) is 25.2 Å². The average Bonchev–Trinajstić information content (AvgIpc) is 2.72. The smallest absolute Gasteiger partial charge is 0.336 e. The highest BCUT2D eigenvalue weighted by Crippen LogP contribution is 2.33. The van der Waals surface area contributed by atoms with Gasteiger partial charge in [-0.25, -0.2) is 9.18 Å². The lowest BCUT2D eigenvalue weighted by Gasteiger charge is -2.39. The van der Waals surface area contributed by atoms with Gasteiger partial charge in [-0.2, -0.15) is 0 Å². The summed E-state index contributed by atoms with van der Waals surface area (Å²) in [6.07, 6.45) is 1.57.